The third-order valence-corrected chi connectivity index (χ3v) is 4.05. The number of halogens is 1. The largest absolute Gasteiger partial charge is 0.394 e. The first-order valence-electron chi connectivity index (χ1n) is 6.95. The van der Waals surface area contributed by atoms with E-state index in [1.54, 1.807) is 18.2 Å². The van der Waals surface area contributed by atoms with Gasteiger partial charge in [-0.3, -0.25) is 0 Å². The summed E-state index contributed by atoms with van der Waals surface area (Å²) in [6.07, 6.45) is 3.97. The van der Waals surface area contributed by atoms with Gasteiger partial charge in [0.15, 0.2) is 5.79 Å². The van der Waals surface area contributed by atoms with Crippen LogP contribution in [0.2, 0.25) is 0 Å². The zero-order valence-electron chi connectivity index (χ0n) is 10.8. The van der Waals surface area contributed by atoms with Crippen LogP contribution in [0.4, 0.5) is 4.39 Å². The Labute approximate surface area is 112 Å². The summed E-state index contributed by atoms with van der Waals surface area (Å²) in [4.78, 5) is 0. The van der Waals surface area contributed by atoms with E-state index in [4.69, 9.17) is 9.47 Å². The minimum atomic E-state index is -0.613. The molecule has 4 heteroatoms. The smallest absolute Gasteiger partial charge is 0.169 e. The molecule has 1 aliphatic heterocycles. The fourth-order valence-corrected chi connectivity index (χ4v) is 3.10. The summed E-state index contributed by atoms with van der Waals surface area (Å²) in [6.45, 7) is -0.152. The monoisotopic (exact) mass is 266 g/mol. The van der Waals surface area contributed by atoms with E-state index >= 15 is 0 Å². The zero-order valence-corrected chi connectivity index (χ0v) is 10.8. The molecule has 19 heavy (non-hydrogen) atoms. The fraction of sp³-hybridized carbons (Fsp3) is 0.600. The zero-order chi connectivity index (χ0) is 13.3. The van der Waals surface area contributed by atoms with Crippen LogP contribution < -0.4 is 0 Å². The molecule has 104 valence electrons. The van der Waals surface area contributed by atoms with E-state index in [0.717, 1.165) is 25.7 Å². The molecule has 1 N–H and O–H groups in total. The minimum Gasteiger partial charge on any atom is -0.394 e. The number of hydrogen-bond donors (Lipinski definition) is 1. The van der Waals surface area contributed by atoms with Gasteiger partial charge in [0.2, 0.25) is 0 Å². The SMILES string of the molecule is OC[C@@H]1OC2(CCCCC2)O[C@H]1c1ccccc1F. The summed E-state index contributed by atoms with van der Waals surface area (Å²) >= 11 is 0. The van der Waals surface area contributed by atoms with Crippen molar-refractivity contribution in [2.75, 3.05) is 6.61 Å². The third kappa shape index (κ3) is 2.40. The lowest BCUT2D eigenvalue weighted by molar-refractivity contribution is -0.196. The molecule has 0 aromatic heterocycles. The van der Waals surface area contributed by atoms with Crippen molar-refractivity contribution in [1.29, 1.82) is 0 Å². The molecule has 1 aromatic rings. The highest BCUT2D eigenvalue weighted by Gasteiger charge is 2.48. The molecule has 1 heterocycles. The molecule has 0 radical (unpaired) electrons. The van der Waals surface area contributed by atoms with Crippen molar-refractivity contribution in [1.82, 2.24) is 0 Å². The van der Waals surface area contributed by atoms with E-state index in [1.807, 2.05) is 0 Å². The predicted molar refractivity (Wildman–Crippen MR) is 68.0 cm³/mol. The van der Waals surface area contributed by atoms with Crippen molar-refractivity contribution in [3.8, 4) is 0 Å². The van der Waals surface area contributed by atoms with Crippen molar-refractivity contribution in [2.24, 2.45) is 0 Å². The molecule has 1 saturated carbocycles. The van der Waals surface area contributed by atoms with Crippen molar-refractivity contribution in [2.45, 2.75) is 50.1 Å². The quantitative estimate of drug-likeness (QED) is 0.894. The van der Waals surface area contributed by atoms with Gasteiger partial charge in [-0.1, -0.05) is 24.6 Å². The average Bonchev–Trinajstić information content (AvgIpc) is 2.78. The van der Waals surface area contributed by atoms with Crippen molar-refractivity contribution in [3.63, 3.8) is 0 Å². The van der Waals surface area contributed by atoms with Crippen LogP contribution in [0.25, 0.3) is 0 Å². The van der Waals surface area contributed by atoms with Crippen molar-refractivity contribution in [3.05, 3.63) is 35.6 Å². The van der Waals surface area contributed by atoms with E-state index in [1.165, 1.54) is 12.5 Å². The highest BCUT2D eigenvalue weighted by molar-refractivity contribution is 5.22. The van der Waals surface area contributed by atoms with Crippen LogP contribution in [0.3, 0.4) is 0 Å². The van der Waals surface area contributed by atoms with Crippen LogP contribution in [0.15, 0.2) is 24.3 Å². The summed E-state index contributed by atoms with van der Waals surface area (Å²) in [6, 6.07) is 6.55. The van der Waals surface area contributed by atoms with Gasteiger partial charge in [-0.05, 0) is 18.9 Å². The molecule has 2 atom stereocenters. The molecule has 3 rings (SSSR count). The number of aliphatic hydroxyl groups is 1. The second-order valence-electron chi connectivity index (χ2n) is 5.37. The van der Waals surface area contributed by atoms with Gasteiger partial charge in [0.25, 0.3) is 0 Å². The van der Waals surface area contributed by atoms with Gasteiger partial charge < -0.3 is 14.6 Å². The van der Waals surface area contributed by atoms with Gasteiger partial charge in [0.1, 0.15) is 18.0 Å². The van der Waals surface area contributed by atoms with Crippen LogP contribution in [-0.2, 0) is 9.47 Å². The van der Waals surface area contributed by atoms with Gasteiger partial charge in [-0.25, -0.2) is 4.39 Å². The van der Waals surface area contributed by atoms with Gasteiger partial charge in [0, 0.05) is 18.4 Å². The van der Waals surface area contributed by atoms with Gasteiger partial charge >= 0.3 is 0 Å². The molecule has 1 saturated heterocycles. The number of aliphatic hydroxyl groups excluding tert-OH is 1. The standard InChI is InChI=1S/C15H19FO3/c16-12-7-3-2-6-11(12)14-13(10-17)18-15(19-14)8-4-1-5-9-15/h2-3,6-7,13-14,17H,1,4-5,8-10H2/t13-,14-/m0/s1. The number of benzene rings is 1. The Kier molecular flexibility index (Phi) is 3.56. The average molecular weight is 266 g/mol. The lowest BCUT2D eigenvalue weighted by Crippen LogP contribution is -2.33. The summed E-state index contributed by atoms with van der Waals surface area (Å²) < 4.78 is 25.8. The van der Waals surface area contributed by atoms with Gasteiger partial charge in [0.05, 0.1) is 6.61 Å². The molecule has 2 fully saturated rings. The number of rotatable bonds is 2. The topological polar surface area (TPSA) is 38.7 Å². The summed E-state index contributed by atoms with van der Waals surface area (Å²) in [7, 11) is 0. The van der Waals surface area contributed by atoms with E-state index in [9.17, 15) is 9.50 Å². The predicted octanol–water partition coefficient (Wildman–Crippen LogP) is 2.93. The molecule has 1 aromatic carbocycles. The minimum absolute atomic E-state index is 0.152. The Hall–Kier alpha value is -0.970. The second-order valence-corrected chi connectivity index (χ2v) is 5.37. The molecular weight excluding hydrogens is 247 g/mol. The molecule has 1 spiro atoms. The van der Waals surface area contributed by atoms with Crippen molar-refractivity contribution < 1.29 is 19.0 Å². The number of ether oxygens (including phenoxy) is 2. The first-order valence-corrected chi connectivity index (χ1v) is 6.95. The van der Waals surface area contributed by atoms with E-state index < -0.39 is 18.0 Å². The normalized spacial score (nSPS) is 29.8. The van der Waals surface area contributed by atoms with Gasteiger partial charge in [-0.15, -0.1) is 0 Å². The Balaban J connectivity index is 1.87. The van der Waals surface area contributed by atoms with E-state index in [0.29, 0.717) is 5.56 Å². The Morgan fingerprint density at radius 2 is 1.89 bits per heavy atom. The second kappa shape index (κ2) is 5.19. The Bertz CT molecular complexity index is 443. The molecule has 3 nitrogen and oxygen atoms in total. The highest BCUT2D eigenvalue weighted by Crippen LogP contribution is 2.46. The van der Waals surface area contributed by atoms with Crippen LogP contribution in [0.5, 0.6) is 0 Å². The lowest BCUT2D eigenvalue weighted by Gasteiger charge is -2.31. The lowest BCUT2D eigenvalue weighted by atomic mass is 9.94. The third-order valence-electron chi connectivity index (χ3n) is 4.05. The maximum Gasteiger partial charge on any atom is 0.169 e. The Morgan fingerprint density at radius 1 is 1.16 bits per heavy atom. The van der Waals surface area contributed by atoms with Crippen LogP contribution >= 0.6 is 0 Å². The Morgan fingerprint density at radius 3 is 2.58 bits per heavy atom. The first kappa shape index (κ1) is 13.0. The maximum atomic E-state index is 13.9. The molecule has 0 bridgehead atoms. The summed E-state index contributed by atoms with van der Waals surface area (Å²) in [5, 5.41) is 9.48. The fourth-order valence-electron chi connectivity index (χ4n) is 3.10. The van der Waals surface area contributed by atoms with Gasteiger partial charge in [-0.2, -0.15) is 0 Å². The molecular formula is C15H19FO3. The molecule has 1 aliphatic carbocycles. The first-order chi connectivity index (χ1) is 9.24. The molecule has 0 amide bonds. The maximum absolute atomic E-state index is 13.9. The summed E-state index contributed by atoms with van der Waals surface area (Å²) in [5.74, 6) is -0.916. The molecule has 0 unspecified atom stereocenters. The molecule has 2 aliphatic rings. The van der Waals surface area contributed by atoms with Crippen LogP contribution in [-0.4, -0.2) is 23.6 Å². The van der Waals surface area contributed by atoms with E-state index in [2.05, 4.69) is 0 Å². The van der Waals surface area contributed by atoms with Crippen LogP contribution in [0, 0.1) is 5.82 Å². The highest BCUT2D eigenvalue weighted by atomic mass is 19.1. The van der Waals surface area contributed by atoms with E-state index in [-0.39, 0.29) is 12.4 Å². The number of hydrogen-bond acceptors (Lipinski definition) is 3. The van der Waals surface area contributed by atoms with Crippen molar-refractivity contribution >= 4 is 0 Å². The summed E-state index contributed by atoms with van der Waals surface area (Å²) in [5.41, 5.74) is 0.476. The van der Waals surface area contributed by atoms with Crippen LogP contribution in [0.1, 0.15) is 43.8 Å².